The second kappa shape index (κ2) is 9.41. The van der Waals surface area contributed by atoms with Crippen molar-refractivity contribution >= 4 is 17.7 Å². The number of ether oxygens (including phenoxy) is 1. The Hall–Kier alpha value is -2.09. The highest BCUT2D eigenvalue weighted by molar-refractivity contribution is 7.99. The molecule has 1 saturated carbocycles. The highest BCUT2D eigenvalue weighted by atomic mass is 32.2. The fourth-order valence-corrected chi connectivity index (χ4v) is 4.61. The number of hydrogen-bond donors (Lipinski definition) is 0. The van der Waals surface area contributed by atoms with Crippen molar-refractivity contribution in [2.24, 2.45) is 0 Å². The minimum Gasteiger partial charge on any atom is -0.494 e. The van der Waals surface area contributed by atoms with Gasteiger partial charge >= 0.3 is 0 Å². The summed E-state index contributed by atoms with van der Waals surface area (Å²) < 4.78 is 21.0. The van der Waals surface area contributed by atoms with Crippen LogP contribution in [-0.2, 0) is 11.3 Å². The van der Waals surface area contributed by atoms with Crippen molar-refractivity contribution in [2.45, 2.75) is 56.8 Å². The van der Waals surface area contributed by atoms with Crippen molar-refractivity contribution in [1.29, 1.82) is 0 Å². The highest BCUT2D eigenvalue weighted by Gasteiger charge is 2.22. The Kier molecular flexibility index (Phi) is 6.93. The van der Waals surface area contributed by atoms with Gasteiger partial charge < -0.3 is 14.2 Å². The number of aromatic nitrogens is 3. The van der Waals surface area contributed by atoms with E-state index in [1.54, 1.807) is 24.1 Å². The molecule has 2 aromatic rings. The van der Waals surface area contributed by atoms with E-state index in [9.17, 15) is 9.18 Å². The fourth-order valence-electron chi connectivity index (χ4n) is 3.61. The molecule has 0 unspecified atom stereocenters. The number of halogens is 1. The summed E-state index contributed by atoms with van der Waals surface area (Å²) in [6.45, 7) is 2.31. The quantitative estimate of drug-likeness (QED) is 0.651. The van der Waals surface area contributed by atoms with Gasteiger partial charge in [0.05, 0.1) is 12.9 Å². The molecule has 1 aromatic heterocycles. The van der Waals surface area contributed by atoms with Crippen LogP contribution in [0.1, 0.15) is 49.5 Å². The Bertz CT molecular complexity index is 821. The largest absolute Gasteiger partial charge is 0.494 e. The number of aryl methyl sites for hydroxylation is 1. The molecule has 1 aliphatic carbocycles. The van der Waals surface area contributed by atoms with Crippen LogP contribution in [0.25, 0.3) is 0 Å². The lowest BCUT2D eigenvalue weighted by molar-refractivity contribution is -0.127. The van der Waals surface area contributed by atoms with Gasteiger partial charge in [-0.15, -0.1) is 10.2 Å². The number of carbonyl (C=O) groups excluding carboxylic acids is 1. The molecular formula is C20H27FN4O2S. The van der Waals surface area contributed by atoms with E-state index in [0.29, 0.717) is 12.6 Å². The lowest BCUT2D eigenvalue weighted by Gasteiger charge is -2.25. The van der Waals surface area contributed by atoms with Gasteiger partial charge in [0.25, 0.3) is 0 Å². The third kappa shape index (κ3) is 4.84. The fraction of sp³-hybridized carbons (Fsp3) is 0.550. The molecule has 0 bridgehead atoms. The lowest BCUT2D eigenvalue weighted by Crippen LogP contribution is -2.28. The molecule has 0 aliphatic heterocycles. The van der Waals surface area contributed by atoms with Crippen molar-refractivity contribution in [2.75, 3.05) is 19.9 Å². The van der Waals surface area contributed by atoms with Crippen LogP contribution in [-0.4, -0.2) is 45.5 Å². The minimum absolute atomic E-state index is 0.0305. The minimum atomic E-state index is -0.425. The number of carbonyl (C=O) groups is 1. The maximum absolute atomic E-state index is 13.8. The summed E-state index contributed by atoms with van der Waals surface area (Å²) >= 11 is 1.42. The van der Waals surface area contributed by atoms with Gasteiger partial charge in [0.1, 0.15) is 5.82 Å². The first-order valence-corrected chi connectivity index (χ1v) is 10.6. The van der Waals surface area contributed by atoms with Crippen molar-refractivity contribution in [3.05, 3.63) is 35.4 Å². The van der Waals surface area contributed by atoms with Gasteiger partial charge in [-0.25, -0.2) is 4.39 Å². The molecule has 6 nitrogen and oxygen atoms in total. The van der Waals surface area contributed by atoms with Crippen LogP contribution in [0.2, 0.25) is 0 Å². The summed E-state index contributed by atoms with van der Waals surface area (Å²) in [7, 11) is 3.15. The zero-order chi connectivity index (χ0) is 20.1. The van der Waals surface area contributed by atoms with E-state index in [4.69, 9.17) is 4.74 Å². The van der Waals surface area contributed by atoms with Crippen molar-refractivity contribution in [3.8, 4) is 5.75 Å². The highest BCUT2D eigenvalue weighted by Crippen LogP contribution is 2.32. The molecule has 1 amide bonds. The van der Waals surface area contributed by atoms with Gasteiger partial charge in [-0.2, -0.15) is 0 Å². The average molecular weight is 407 g/mol. The van der Waals surface area contributed by atoms with E-state index >= 15 is 0 Å². The maximum Gasteiger partial charge on any atom is 0.233 e. The third-order valence-corrected chi connectivity index (χ3v) is 6.09. The summed E-state index contributed by atoms with van der Waals surface area (Å²) in [5.41, 5.74) is 0.723. The van der Waals surface area contributed by atoms with E-state index in [-0.39, 0.29) is 17.4 Å². The topological polar surface area (TPSA) is 60.2 Å². The summed E-state index contributed by atoms with van der Waals surface area (Å²) in [4.78, 5) is 14.2. The van der Waals surface area contributed by atoms with E-state index in [0.717, 1.165) is 29.4 Å². The van der Waals surface area contributed by atoms with Crippen molar-refractivity contribution in [3.63, 3.8) is 0 Å². The van der Waals surface area contributed by atoms with Gasteiger partial charge in [0.2, 0.25) is 5.91 Å². The first kappa shape index (κ1) is 20.6. The molecule has 1 fully saturated rings. The van der Waals surface area contributed by atoms with Gasteiger partial charge in [0, 0.05) is 19.6 Å². The van der Waals surface area contributed by atoms with Crippen LogP contribution in [0.5, 0.6) is 5.75 Å². The van der Waals surface area contributed by atoms with Crippen LogP contribution in [0.4, 0.5) is 4.39 Å². The number of hydrogen-bond acceptors (Lipinski definition) is 5. The maximum atomic E-state index is 13.8. The standard InChI is InChI=1S/C20H27FN4O2S/c1-14-22-23-20(25(14)16-7-5-4-6-8-16)28-13-19(26)24(2)12-15-9-10-18(27-3)17(21)11-15/h9-11,16H,4-8,12-13H2,1-3H3. The monoisotopic (exact) mass is 406 g/mol. The van der Waals surface area contributed by atoms with Crippen LogP contribution in [0.3, 0.4) is 0 Å². The Balaban J connectivity index is 1.59. The van der Waals surface area contributed by atoms with Gasteiger partial charge in [-0.05, 0) is 37.5 Å². The van der Waals surface area contributed by atoms with Gasteiger partial charge in [-0.1, -0.05) is 37.1 Å². The average Bonchev–Trinajstić information content (AvgIpc) is 3.07. The number of nitrogens with zero attached hydrogens (tertiary/aromatic N) is 4. The molecule has 0 saturated heterocycles. The number of amides is 1. The second-order valence-electron chi connectivity index (χ2n) is 7.20. The Morgan fingerprint density at radius 1 is 1.32 bits per heavy atom. The molecule has 28 heavy (non-hydrogen) atoms. The summed E-state index contributed by atoms with van der Waals surface area (Å²) in [6, 6.07) is 5.18. The van der Waals surface area contributed by atoms with Crippen molar-refractivity contribution < 1.29 is 13.9 Å². The van der Waals surface area contributed by atoms with Crippen LogP contribution in [0.15, 0.2) is 23.4 Å². The van der Waals surface area contributed by atoms with E-state index < -0.39 is 5.82 Å². The zero-order valence-electron chi connectivity index (χ0n) is 16.7. The summed E-state index contributed by atoms with van der Waals surface area (Å²) in [6.07, 6.45) is 6.03. The van der Waals surface area contributed by atoms with E-state index in [1.807, 2.05) is 6.92 Å². The number of rotatable bonds is 7. The molecule has 3 rings (SSSR count). The van der Waals surface area contributed by atoms with Crippen LogP contribution in [0, 0.1) is 12.7 Å². The van der Waals surface area contributed by atoms with E-state index in [2.05, 4.69) is 14.8 Å². The van der Waals surface area contributed by atoms with Gasteiger partial charge in [0.15, 0.2) is 16.7 Å². The van der Waals surface area contributed by atoms with E-state index in [1.165, 1.54) is 44.2 Å². The molecule has 8 heteroatoms. The molecule has 152 valence electrons. The normalized spacial score (nSPS) is 14.9. The molecule has 0 spiro atoms. The predicted octanol–water partition coefficient (Wildman–Crippen LogP) is 3.99. The first-order valence-electron chi connectivity index (χ1n) is 9.60. The lowest BCUT2D eigenvalue weighted by atomic mass is 9.95. The van der Waals surface area contributed by atoms with Crippen LogP contribution < -0.4 is 4.74 Å². The molecular weight excluding hydrogens is 379 g/mol. The predicted molar refractivity (Wildman–Crippen MR) is 107 cm³/mol. The zero-order valence-corrected chi connectivity index (χ0v) is 17.5. The molecule has 0 radical (unpaired) electrons. The first-order chi connectivity index (χ1) is 13.5. The number of benzene rings is 1. The Morgan fingerprint density at radius 3 is 2.75 bits per heavy atom. The molecule has 1 aliphatic rings. The molecule has 1 heterocycles. The van der Waals surface area contributed by atoms with Crippen LogP contribution >= 0.6 is 11.8 Å². The second-order valence-corrected chi connectivity index (χ2v) is 8.14. The van der Waals surface area contributed by atoms with Crippen molar-refractivity contribution in [1.82, 2.24) is 19.7 Å². The Morgan fingerprint density at radius 2 is 2.07 bits per heavy atom. The van der Waals surface area contributed by atoms with Gasteiger partial charge in [-0.3, -0.25) is 4.79 Å². The SMILES string of the molecule is COc1ccc(CN(C)C(=O)CSc2nnc(C)n2C2CCCCC2)cc1F. The number of methoxy groups -OCH3 is 1. The summed E-state index contributed by atoms with van der Waals surface area (Å²) in [5, 5.41) is 9.31. The Labute approximate surface area is 169 Å². The third-order valence-electron chi connectivity index (χ3n) is 5.16. The molecule has 1 aromatic carbocycles. The number of thioether (sulfide) groups is 1. The molecule has 0 N–H and O–H groups in total. The summed E-state index contributed by atoms with van der Waals surface area (Å²) in [5.74, 6) is 0.929. The smallest absolute Gasteiger partial charge is 0.233 e. The molecule has 0 atom stereocenters.